The molecule has 0 nitrogen and oxygen atoms in total. The van der Waals surface area contributed by atoms with Crippen LogP contribution in [0.2, 0.25) is 6.04 Å². The Bertz CT molecular complexity index is 57.4. The molecule has 0 aromatic carbocycles. The van der Waals surface area contributed by atoms with Gasteiger partial charge in [0.2, 0.25) is 0 Å². The summed E-state index contributed by atoms with van der Waals surface area (Å²) in [6.07, 6.45) is 4.99. The monoisotopic (exact) mass is 128 g/mol. The van der Waals surface area contributed by atoms with Gasteiger partial charge in [-0.2, -0.15) is 0 Å². The van der Waals surface area contributed by atoms with Crippen LogP contribution in [0, 0.1) is 0 Å². The molecule has 48 valence electrons. The van der Waals surface area contributed by atoms with Crippen LogP contribution in [0.15, 0.2) is 11.8 Å². The van der Waals surface area contributed by atoms with Gasteiger partial charge < -0.3 is 0 Å². The van der Waals surface area contributed by atoms with E-state index >= 15 is 0 Å². The normalized spacial score (nSPS) is 12.2. The highest BCUT2D eigenvalue weighted by atomic mass is 28.2. The second-order valence-corrected chi connectivity index (χ2v) is 3.82. The minimum absolute atomic E-state index is 0.220. The zero-order valence-electron chi connectivity index (χ0n) is 5.98. The van der Waals surface area contributed by atoms with Gasteiger partial charge in [-0.1, -0.05) is 31.9 Å². The highest BCUT2D eigenvalue weighted by molar-refractivity contribution is 6.41. The van der Waals surface area contributed by atoms with Gasteiger partial charge in [0.1, 0.15) is 0 Å². The van der Waals surface area contributed by atoms with Gasteiger partial charge in [0.15, 0.2) is 0 Å². The van der Waals surface area contributed by atoms with Crippen LogP contribution < -0.4 is 0 Å². The largest absolute Gasteiger partial charge is 0.106 e. The van der Waals surface area contributed by atoms with Crippen molar-refractivity contribution in [2.45, 2.75) is 32.7 Å². The summed E-state index contributed by atoms with van der Waals surface area (Å²) in [5.74, 6) is 0. The first-order valence-corrected chi connectivity index (χ1v) is 5.34. The van der Waals surface area contributed by atoms with Gasteiger partial charge in [0, 0.05) is 9.52 Å². The molecule has 0 saturated carbocycles. The molecule has 0 spiro atoms. The van der Waals surface area contributed by atoms with Gasteiger partial charge in [-0.25, -0.2) is 0 Å². The van der Waals surface area contributed by atoms with E-state index in [1.54, 1.807) is 0 Å². The lowest BCUT2D eigenvalue weighted by atomic mass is 10.4. The van der Waals surface area contributed by atoms with E-state index in [0.29, 0.717) is 0 Å². The summed E-state index contributed by atoms with van der Waals surface area (Å²) in [6.45, 7) is 4.36. The maximum atomic E-state index is 2.37. The fourth-order valence-corrected chi connectivity index (χ4v) is 2.04. The molecular formula is C7H16Si. The molecule has 0 fully saturated rings. The van der Waals surface area contributed by atoms with E-state index in [1.807, 2.05) is 0 Å². The maximum absolute atomic E-state index is 2.37. The Morgan fingerprint density at radius 1 is 1.50 bits per heavy atom. The lowest BCUT2D eigenvalue weighted by Gasteiger charge is -1.87. The fraction of sp³-hybridized carbons (Fsp3) is 0.714. The van der Waals surface area contributed by atoms with E-state index in [0.717, 1.165) is 0 Å². The fourth-order valence-electron chi connectivity index (χ4n) is 0.679. The summed E-state index contributed by atoms with van der Waals surface area (Å²) in [5.41, 5.74) is 2.37. The van der Waals surface area contributed by atoms with Crippen molar-refractivity contribution in [2.75, 3.05) is 0 Å². The summed E-state index contributed by atoms with van der Waals surface area (Å²) in [6, 6.07) is 1.50. The molecule has 0 aliphatic rings. The molecule has 0 heterocycles. The summed E-state index contributed by atoms with van der Waals surface area (Å²) < 4.78 is 0. The zero-order valence-corrected chi connectivity index (χ0v) is 7.40. The van der Waals surface area contributed by atoms with Gasteiger partial charge >= 0.3 is 0 Å². The Balaban J connectivity index is 2.72. The third-order valence-electron chi connectivity index (χ3n) is 1.21. The van der Waals surface area contributed by atoms with E-state index < -0.39 is 0 Å². The molecule has 0 aliphatic carbocycles. The lowest BCUT2D eigenvalue weighted by Crippen LogP contribution is -1.81. The molecule has 0 unspecified atom stereocenters. The van der Waals surface area contributed by atoms with Crippen LogP contribution in [0.4, 0.5) is 0 Å². The van der Waals surface area contributed by atoms with Gasteiger partial charge in [0.25, 0.3) is 0 Å². The molecule has 0 N–H and O–H groups in total. The average molecular weight is 128 g/mol. The van der Waals surface area contributed by atoms with Crippen molar-refractivity contribution >= 4 is 9.52 Å². The first-order valence-electron chi connectivity index (χ1n) is 3.53. The zero-order chi connectivity index (χ0) is 6.24. The number of rotatable bonds is 4. The summed E-state index contributed by atoms with van der Waals surface area (Å²) in [5, 5.41) is 0. The minimum atomic E-state index is 0.220. The first kappa shape index (κ1) is 7.96. The second-order valence-electron chi connectivity index (χ2n) is 2.06. The molecule has 0 amide bonds. The van der Waals surface area contributed by atoms with Crippen molar-refractivity contribution in [2.24, 2.45) is 0 Å². The molecule has 0 saturated heterocycles. The smallest absolute Gasteiger partial charge is 0.0449 e. The third-order valence-corrected chi connectivity index (χ3v) is 2.92. The van der Waals surface area contributed by atoms with Crippen molar-refractivity contribution in [3.63, 3.8) is 0 Å². The SMILES string of the molecule is C/C=C\[SiH2]CCCC. The minimum Gasteiger partial charge on any atom is -0.106 e. The Kier molecular flexibility index (Phi) is 6.92. The molecule has 0 bridgehead atoms. The van der Waals surface area contributed by atoms with Gasteiger partial charge in [-0.15, -0.1) is 5.70 Å². The highest BCUT2D eigenvalue weighted by Gasteiger charge is 1.79. The third kappa shape index (κ3) is 5.96. The quantitative estimate of drug-likeness (QED) is 0.401. The molecule has 0 aliphatic heterocycles. The van der Waals surface area contributed by atoms with E-state index in [-0.39, 0.29) is 9.52 Å². The van der Waals surface area contributed by atoms with Crippen molar-refractivity contribution in [1.82, 2.24) is 0 Å². The molecule has 0 radical (unpaired) electrons. The van der Waals surface area contributed by atoms with Crippen LogP contribution in [-0.2, 0) is 0 Å². The number of hydrogen-bond donors (Lipinski definition) is 0. The average Bonchev–Trinajstić information content (AvgIpc) is 1.81. The van der Waals surface area contributed by atoms with E-state index in [4.69, 9.17) is 0 Å². The van der Waals surface area contributed by atoms with Crippen LogP contribution in [0.1, 0.15) is 26.7 Å². The van der Waals surface area contributed by atoms with Crippen molar-refractivity contribution < 1.29 is 0 Å². The van der Waals surface area contributed by atoms with Crippen LogP contribution in [0.3, 0.4) is 0 Å². The van der Waals surface area contributed by atoms with Crippen LogP contribution in [0.25, 0.3) is 0 Å². The topological polar surface area (TPSA) is 0 Å². The standard InChI is InChI=1S/C7H16Si/c1-3-5-7-8-6-4-2/h4,6H,3,5,7-8H2,1-2H3/b6-4-. The predicted octanol–water partition coefficient (Wildman–Crippen LogP) is 1.91. The van der Waals surface area contributed by atoms with Crippen LogP contribution >= 0.6 is 0 Å². The molecule has 0 aromatic heterocycles. The summed E-state index contributed by atoms with van der Waals surface area (Å²) >= 11 is 0. The summed E-state index contributed by atoms with van der Waals surface area (Å²) in [4.78, 5) is 0. The van der Waals surface area contributed by atoms with Crippen molar-refractivity contribution in [1.29, 1.82) is 0 Å². The first-order chi connectivity index (χ1) is 3.91. The molecule has 1 heteroatoms. The molecule has 0 rings (SSSR count). The predicted molar refractivity (Wildman–Crippen MR) is 43.1 cm³/mol. The maximum Gasteiger partial charge on any atom is 0.0449 e. The van der Waals surface area contributed by atoms with Gasteiger partial charge in [-0.3, -0.25) is 0 Å². The number of hydrogen-bond acceptors (Lipinski definition) is 0. The number of unbranched alkanes of at least 4 members (excludes halogenated alkanes) is 1. The molecule has 0 atom stereocenters. The highest BCUT2D eigenvalue weighted by Crippen LogP contribution is 1.92. The van der Waals surface area contributed by atoms with E-state index in [1.165, 1.54) is 18.9 Å². The Morgan fingerprint density at radius 3 is 2.75 bits per heavy atom. The Morgan fingerprint density at radius 2 is 2.25 bits per heavy atom. The van der Waals surface area contributed by atoms with E-state index in [9.17, 15) is 0 Å². The Hall–Kier alpha value is -0.0431. The van der Waals surface area contributed by atoms with Crippen LogP contribution in [0.5, 0.6) is 0 Å². The lowest BCUT2D eigenvalue weighted by molar-refractivity contribution is 0.881. The summed E-state index contributed by atoms with van der Waals surface area (Å²) in [7, 11) is 0.220. The molecular weight excluding hydrogens is 112 g/mol. The van der Waals surface area contributed by atoms with Crippen molar-refractivity contribution in [3.8, 4) is 0 Å². The van der Waals surface area contributed by atoms with Crippen LogP contribution in [-0.4, -0.2) is 9.52 Å². The molecule has 0 aromatic rings. The Labute approximate surface area is 54.8 Å². The van der Waals surface area contributed by atoms with Crippen molar-refractivity contribution in [3.05, 3.63) is 11.8 Å². The van der Waals surface area contributed by atoms with Gasteiger partial charge in [-0.05, 0) is 6.92 Å². The van der Waals surface area contributed by atoms with Gasteiger partial charge in [0.05, 0.1) is 0 Å². The van der Waals surface area contributed by atoms with E-state index in [2.05, 4.69) is 25.6 Å². The number of allylic oxidation sites excluding steroid dienone is 1. The second kappa shape index (κ2) is 6.96. The molecule has 8 heavy (non-hydrogen) atoms.